The fraction of sp³-hybridized carbons (Fsp3) is 0.556. The second-order valence-electron chi connectivity index (χ2n) is 6.49. The number of nitrogens with zero attached hydrogens (tertiary/aromatic N) is 2. The first kappa shape index (κ1) is 17.5. The molecule has 1 N–H and O–H groups in total. The zero-order valence-corrected chi connectivity index (χ0v) is 14.8. The number of hydrogen-bond acceptors (Lipinski definition) is 5. The average Bonchev–Trinajstić information content (AvgIpc) is 3.11. The number of ether oxygens (including phenoxy) is 2. The molecular formula is C18H25N3O4. The summed E-state index contributed by atoms with van der Waals surface area (Å²) in [6.07, 6.45) is 0.899. The molecule has 1 aromatic carbocycles. The number of piperazine rings is 1. The van der Waals surface area contributed by atoms with Crippen molar-refractivity contribution in [3.8, 4) is 11.5 Å². The molecule has 2 fully saturated rings. The maximum Gasteiger partial charge on any atom is 0.236 e. The van der Waals surface area contributed by atoms with Crippen LogP contribution in [0.25, 0.3) is 0 Å². The third-order valence-corrected chi connectivity index (χ3v) is 4.89. The standard InChI is InChI=1S/C18H25N3O4/c1-24-14-3-4-16(25-2)15(9-14)13-5-7-21(10-13)18(23)12-20-8-6-19-17(22)11-20/h3-4,9,13H,5-8,10-12H2,1-2H3,(H,19,22). The molecule has 0 aromatic heterocycles. The summed E-state index contributed by atoms with van der Waals surface area (Å²) in [4.78, 5) is 27.8. The van der Waals surface area contributed by atoms with E-state index >= 15 is 0 Å². The molecule has 7 nitrogen and oxygen atoms in total. The number of amides is 2. The van der Waals surface area contributed by atoms with E-state index in [0.29, 0.717) is 26.2 Å². The first-order valence-electron chi connectivity index (χ1n) is 8.59. The van der Waals surface area contributed by atoms with Gasteiger partial charge in [-0.25, -0.2) is 0 Å². The van der Waals surface area contributed by atoms with Crippen LogP contribution in [0.5, 0.6) is 11.5 Å². The predicted octanol–water partition coefficient (Wildman–Crippen LogP) is 0.452. The van der Waals surface area contributed by atoms with Crippen LogP contribution in [0.15, 0.2) is 18.2 Å². The highest BCUT2D eigenvalue weighted by atomic mass is 16.5. The van der Waals surface area contributed by atoms with E-state index in [0.717, 1.165) is 36.6 Å². The molecule has 0 aliphatic carbocycles. The highest BCUT2D eigenvalue weighted by molar-refractivity contribution is 5.82. The molecule has 0 bridgehead atoms. The van der Waals surface area contributed by atoms with Crippen LogP contribution in [0.1, 0.15) is 17.9 Å². The van der Waals surface area contributed by atoms with Gasteiger partial charge in [0.2, 0.25) is 11.8 Å². The van der Waals surface area contributed by atoms with Crippen molar-refractivity contribution >= 4 is 11.8 Å². The van der Waals surface area contributed by atoms with Gasteiger partial charge in [0, 0.05) is 37.7 Å². The van der Waals surface area contributed by atoms with Gasteiger partial charge in [-0.2, -0.15) is 0 Å². The molecule has 136 valence electrons. The van der Waals surface area contributed by atoms with Gasteiger partial charge >= 0.3 is 0 Å². The van der Waals surface area contributed by atoms with Crippen LogP contribution in [0, 0.1) is 0 Å². The van der Waals surface area contributed by atoms with Gasteiger partial charge in [0.05, 0.1) is 27.3 Å². The van der Waals surface area contributed by atoms with Crippen molar-refractivity contribution in [1.82, 2.24) is 15.1 Å². The number of rotatable bonds is 5. The first-order valence-corrected chi connectivity index (χ1v) is 8.59. The SMILES string of the molecule is COc1ccc(OC)c(C2CCN(C(=O)CN3CCNC(=O)C3)C2)c1. The summed E-state index contributed by atoms with van der Waals surface area (Å²) in [5.74, 6) is 1.92. The smallest absolute Gasteiger partial charge is 0.236 e. The van der Waals surface area contributed by atoms with E-state index in [1.165, 1.54) is 0 Å². The normalized spacial score (nSPS) is 21.1. The Balaban J connectivity index is 1.63. The molecule has 1 unspecified atom stereocenters. The number of likely N-dealkylation sites (tertiary alicyclic amines) is 1. The van der Waals surface area contributed by atoms with E-state index in [-0.39, 0.29) is 17.7 Å². The van der Waals surface area contributed by atoms with Gasteiger partial charge in [0.15, 0.2) is 0 Å². The van der Waals surface area contributed by atoms with Crippen LogP contribution in [0.2, 0.25) is 0 Å². The number of carbonyl (C=O) groups excluding carboxylic acids is 2. The zero-order valence-electron chi connectivity index (χ0n) is 14.8. The van der Waals surface area contributed by atoms with Gasteiger partial charge in [-0.05, 0) is 24.6 Å². The Labute approximate surface area is 147 Å². The van der Waals surface area contributed by atoms with E-state index in [2.05, 4.69) is 5.32 Å². The lowest BCUT2D eigenvalue weighted by Crippen LogP contribution is -2.50. The highest BCUT2D eigenvalue weighted by Gasteiger charge is 2.30. The summed E-state index contributed by atoms with van der Waals surface area (Å²) < 4.78 is 10.8. The van der Waals surface area contributed by atoms with E-state index < -0.39 is 0 Å². The molecule has 0 spiro atoms. The Bertz CT molecular complexity index is 649. The van der Waals surface area contributed by atoms with Crippen molar-refractivity contribution < 1.29 is 19.1 Å². The summed E-state index contributed by atoms with van der Waals surface area (Å²) in [5, 5.41) is 2.78. The number of carbonyl (C=O) groups is 2. The van der Waals surface area contributed by atoms with Crippen LogP contribution in [-0.2, 0) is 9.59 Å². The molecule has 1 aromatic rings. The summed E-state index contributed by atoms with van der Waals surface area (Å²) in [6, 6.07) is 5.78. The maximum atomic E-state index is 12.6. The molecule has 2 aliphatic heterocycles. The van der Waals surface area contributed by atoms with Crippen molar-refractivity contribution in [3.63, 3.8) is 0 Å². The van der Waals surface area contributed by atoms with Crippen molar-refractivity contribution in [2.24, 2.45) is 0 Å². The third-order valence-electron chi connectivity index (χ3n) is 4.89. The predicted molar refractivity (Wildman–Crippen MR) is 92.9 cm³/mol. The van der Waals surface area contributed by atoms with Gasteiger partial charge in [-0.15, -0.1) is 0 Å². The van der Waals surface area contributed by atoms with Gasteiger partial charge in [-0.1, -0.05) is 0 Å². The van der Waals surface area contributed by atoms with Gasteiger partial charge < -0.3 is 19.7 Å². The van der Waals surface area contributed by atoms with Crippen LogP contribution >= 0.6 is 0 Å². The van der Waals surface area contributed by atoms with Gasteiger partial charge in [0.1, 0.15) is 11.5 Å². The Morgan fingerprint density at radius 2 is 2.12 bits per heavy atom. The molecule has 2 saturated heterocycles. The molecule has 2 amide bonds. The minimum atomic E-state index is -0.0144. The maximum absolute atomic E-state index is 12.6. The van der Waals surface area contributed by atoms with E-state index in [9.17, 15) is 9.59 Å². The van der Waals surface area contributed by atoms with Crippen LogP contribution in [-0.4, -0.2) is 75.1 Å². The van der Waals surface area contributed by atoms with Crippen LogP contribution in [0.3, 0.4) is 0 Å². The molecular weight excluding hydrogens is 322 g/mol. The molecule has 3 rings (SSSR count). The summed E-state index contributed by atoms with van der Waals surface area (Å²) in [7, 11) is 3.30. The Hall–Kier alpha value is -2.28. The van der Waals surface area contributed by atoms with Crippen molar-refractivity contribution in [2.45, 2.75) is 12.3 Å². The fourth-order valence-electron chi connectivity index (χ4n) is 3.52. The monoisotopic (exact) mass is 347 g/mol. The van der Waals surface area contributed by atoms with Crippen molar-refractivity contribution in [3.05, 3.63) is 23.8 Å². The topological polar surface area (TPSA) is 71.1 Å². The lowest BCUT2D eigenvalue weighted by atomic mass is 9.97. The second kappa shape index (κ2) is 7.74. The minimum absolute atomic E-state index is 0.0144. The zero-order chi connectivity index (χ0) is 17.8. The Morgan fingerprint density at radius 3 is 2.84 bits per heavy atom. The molecule has 25 heavy (non-hydrogen) atoms. The van der Waals surface area contributed by atoms with E-state index in [4.69, 9.17) is 9.47 Å². The number of hydrogen-bond donors (Lipinski definition) is 1. The molecule has 2 aliphatic rings. The van der Waals surface area contributed by atoms with E-state index in [1.807, 2.05) is 28.0 Å². The average molecular weight is 347 g/mol. The molecule has 1 atom stereocenters. The molecule has 0 saturated carbocycles. The number of benzene rings is 1. The summed E-state index contributed by atoms with van der Waals surface area (Å²) in [6.45, 7) is 3.32. The van der Waals surface area contributed by atoms with Crippen LogP contribution < -0.4 is 14.8 Å². The summed E-state index contributed by atoms with van der Waals surface area (Å²) >= 11 is 0. The summed E-state index contributed by atoms with van der Waals surface area (Å²) in [5.41, 5.74) is 1.08. The lowest BCUT2D eigenvalue weighted by molar-refractivity contribution is -0.133. The largest absolute Gasteiger partial charge is 0.497 e. The highest BCUT2D eigenvalue weighted by Crippen LogP contribution is 2.36. The molecule has 0 radical (unpaired) electrons. The fourth-order valence-corrected chi connectivity index (χ4v) is 3.52. The first-order chi connectivity index (χ1) is 12.1. The number of nitrogens with one attached hydrogen (secondary N) is 1. The van der Waals surface area contributed by atoms with Crippen LogP contribution in [0.4, 0.5) is 0 Å². The lowest BCUT2D eigenvalue weighted by Gasteiger charge is -2.27. The Kier molecular flexibility index (Phi) is 5.43. The second-order valence-corrected chi connectivity index (χ2v) is 6.49. The van der Waals surface area contributed by atoms with Gasteiger partial charge in [0.25, 0.3) is 0 Å². The Morgan fingerprint density at radius 1 is 1.28 bits per heavy atom. The van der Waals surface area contributed by atoms with Crippen molar-refractivity contribution in [1.29, 1.82) is 0 Å². The third kappa shape index (κ3) is 4.04. The number of methoxy groups -OCH3 is 2. The molecule has 2 heterocycles. The van der Waals surface area contributed by atoms with Crippen molar-refractivity contribution in [2.75, 3.05) is 53.5 Å². The minimum Gasteiger partial charge on any atom is -0.497 e. The van der Waals surface area contributed by atoms with Gasteiger partial charge in [-0.3, -0.25) is 14.5 Å². The molecule has 7 heteroatoms. The quantitative estimate of drug-likeness (QED) is 0.838. The van der Waals surface area contributed by atoms with E-state index in [1.54, 1.807) is 14.2 Å².